The van der Waals surface area contributed by atoms with Crippen molar-refractivity contribution in [2.45, 2.75) is 6.42 Å². The van der Waals surface area contributed by atoms with Crippen LogP contribution in [0.5, 0.6) is 5.75 Å². The molecular formula is C15H14N4O3. The lowest BCUT2D eigenvalue weighted by Crippen LogP contribution is -2.08. The molecule has 7 heteroatoms. The molecule has 0 unspecified atom stereocenters. The third kappa shape index (κ3) is 3.49. The smallest absolute Gasteiger partial charge is 0.305 e. The van der Waals surface area contributed by atoms with Crippen LogP contribution in [0.2, 0.25) is 0 Å². The van der Waals surface area contributed by atoms with E-state index in [0.29, 0.717) is 18.8 Å². The standard InChI is InChI=1S/C15H14N4O3/c1-22-14-5-3-2-4-11(14)8-9-17-15-7-6-13(19(20)21)12(10-16)18-15/h2-7H,8-9H2,1H3,(H,17,18). The monoisotopic (exact) mass is 298 g/mol. The Hall–Kier alpha value is -3.14. The molecule has 0 fully saturated rings. The van der Waals surface area contributed by atoms with Crippen molar-refractivity contribution >= 4 is 11.5 Å². The zero-order chi connectivity index (χ0) is 15.9. The van der Waals surface area contributed by atoms with Crippen LogP contribution in [-0.2, 0) is 6.42 Å². The number of pyridine rings is 1. The van der Waals surface area contributed by atoms with Crippen LogP contribution in [0, 0.1) is 21.4 Å². The van der Waals surface area contributed by atoms with Gasteiger partial charge in [-0.2, -0.15) is 5.26 Å². The zero-order valence-corrected chi connectivity index (χ0v) is 11.9. The Bertz CT molecular complexity index is 725. The summed E-state index contributed by atoms with van der Waals surface area (Å²) in [6, 6.07) is 12.2. The first-order valence-electron chi connectivity index (χ1n) is 6.57. The number of nitro groups is 1. The van der Waals surface area contributed by atoms with Gasteiger partial charge in [0.15, 0.2) is 0 Å². The second-order valence-electron chi connectivity index (χ2n) is 4.42. The highest BCUT2D eigenvalue weighted by Crippen LogP contribution is 2.19. The van der Waals surface area contributed by atoms with Gasteiger partial charge in [0, 0.05) is 12.6 Å². The second kappa shape index (κ2) is 7.04. The molecule has 0 saturated heterocycles. The molecule has 1 aromatic heterocycles. The van der Waals surface area contributed by atoms with Gasteiger partial charge in [0.2, 0.25) is 5.69 Å². The lowest BCUT2D eigenvalue weighted by molar-refractivity contribution is -0.385. The van der Waals surface area contributed by atoms with Gasteiger partial charge in [-0.1, -0.05) is 18.2 Å². The molecule has 7 nitrogen and oxygen atoms in total. The van der Waals surface area contributed by atoms with Crippen molar-refractivity contribution in [1.82, 2.24) is 4.98 Å². The van der Waals surface area contributed by atoms with E-state index in [4.69, 9.17) is 10.00 Å². The molecule has 1 N–H and O–H groups in total. The zero-order valence-electron chi connectivity index (χ0n) is 11.9. The number of rotatable bonds is 6. The molecular weight excluding hydrogens is 284 g/mol. The fourth-order valence-electron chi connectivity index (χ4n) is 2.01. The molecule has 0 atom stereocenters. The van der Waals surface area contributed by atoms with E-state index in [2.05, 4.69) is 10.3 Å². The van der Waals surface area contributed by atoms with E-state index in [1.165, 1.54) is 12.1 Å². The summed E-state index contributed by atoms with van der Waals surface area (Å²) in [6.45, 7) is 0.566. The van der Waals surface area contributed by atoms with Gasteiger partial charge in [-0.25, -0.2) is 4.98 Å². The first-order chi connectivity index (χ1) is 10.7. The molecule has 0 spiro atoms. The highest BCUT2D eigenvalue weighted by Gasteiger charge is 2.15. The Labute approximate surface area is 127 Å². The average Bonchev–Trinajstić information content (AvgIpc) is 2.54. The number of para-hydroxylation sites is 1. The molecule has 0 bridgehead atoms. The van der Waals surface area contributed by atoms with Gasteiger partial charge in [0.1, 0.15) is 17.6 Å². The van der Waals surface area contributed by atoms with Crippen LogP contribution in [0.15, 0.2) is 36.4 Å². The number of ether oxygens (including phenoxy) is 1. The number of methoxy groups -OCH3 is 1. The Kier molecular flexibility index (Phi) is 4.88. The Morgan fingerprint density at radius 1 is 1.36 bits per heavy atom. The average molecular weight is 298 g/mol. The maximum absolute atomic E-state index is 10.7. The van der Waals surface area contributed by atoms with Crippen LogP contribution in [0.3, 0.4) is 0 Å². The number of nitriles is 1. The van der Waals surface area contributed by atoms with Crippen molar-refractivity contribution in [3.05, 3.63) is 57.8 Å². The van der Waals surface area contributed by atoms with E-state index < -0.39 is 4.92 Å². The number of nitrogens with zero attached hydrogens (tertiary/aromatic N) is 3. The molecule has 2 rings (SSSR count). The maximum atomic E-state index is 10.7. The summed E-state index contributed by atoms with van der Waals surface area (Å²) in [6.07, 6.45) is 0.699. The normalized spacial score (nSPS) is 9.82. The van der Waals surface area contributed by atoms with Crippen LogP contribution in [0.4, 0.5) is 11.5 Å². The number of anilines is 1. The number of benzene rings is 1. The Morgan fingerprint density at radius 3 is 2.82 bits per heavy atom. The number of hydrogen-bond donors (Lipinski definition) is 1. The summed E-state index contributed by atoms with van der Waals surface area (Å²) in [5.74, 6) is 1.23. The van der Waals surface area contributed by atoms with Crippen LogP contribution in [-0.4, -0.2) is 23.6 Å². The highest BCUT2D eigenvalue weighted by molar-refractivity contribution is 5.50. The van der Waals surface area contributed by atoms with Gasteiger partial charge >= 0.3 is 5.69 Å². The SMILES string of the molecule is COc1ccccc1CCNc1ccc([N+](=O)[O-])c(C#N)n1. The number of aromatic nitrogens is 1. The molecule has 22 heavy (non-hydrogen) atoms. The molecule has 1 heterocycles. The quantitative estimate of drug-likeness (QED) is 0.649. The van der Waals surface area contributed by atoms with E-state index in [1.54, 1.807) is 13.2 Å². The molecule has 0 aliphatic rings. The molecule has 0 radical (unpaired) electrons. The van der Waals surface area contributed by atoms with Gasteiger partial charge in [-0.05, 0) is 24.1 Å². The van der Waals surface area contributed by atoms with Gasteiger partial charge in [-0.15, -0.1) is 0 Å². The predicted octanol–water partition coefficient (Wildman–Crippen LogP) is 2.52. The summed E-state index contributed by atoms with van der Waals surface area (Å²) in [5.41, 5.74) is 0.546. The maximum Gasteiger partial charge on any atom is 0.305 e. The van der Waals surface area contributed by atoms with Crippen LogP contribution in [0.25, 0.3) is 0 Å². The van der Waals surface area contributed by atoms with Gasteiger partial charge in [-0.3, -0.25) is 10.1 Å². The lowest BCUT2D eigenvalue weighted by atomic mass is 10.1. The van der Waals surface area contributed by atoms with Gasteiger partial charge in [0.05, 0.1) is 12.0 Å². The summed E-state index contributed by atoms with van der Waals surface area (Å²) in [4.78, 5) is 14.1. The van der Waals surface area contributed by atoms with Crippen molar-refractivity contribution in [1.29, 1.82) is 5.26 Å². The minimum Gasteiger partial charge on any atom is -0.496 e. The molecule has 0 aliphatic heterocycles. The molecule has 0 saturated carbocycles. The minimum absolute atomic E-state index is 0.202. The molecule has 0 aliphatic carbocycles. The summed E-state index contributed by atoms with van der Waals surface area (Å²) >= 11 is 0. The summed E-state index contributed by atoms with van der Waals surface area (Å²) < 4.78 is 5.27. The second-order valence-corrected chi connectivity index (χ2v) is 4.42. The number of hydrogen-bond acceptors (Lipinski definition) is 6. The van der Waals surface area contributed by atoms with E-state index in [9.17, 15) is 10.1 Å². The fraction of sp³-hybridized carbons (Fsp3) is 0.200. The fourth-order valence-corrected chi connectivity index (χ4v) is 2.01. The molecule has 112 valence electrons. The van der Waals surface area contributed by atoms with Crippen LogP contribution < -0.4 is 10.1 Å². The number of nitrogens with one attached hydrogen (secondary N) is 1. The van der Waals surface area contributed by atoms with E-state index >= 15 is 0 Å². The first kappa shape index (κ1) is 15.3. The van der Waals surface area contributed by atoms with E-state index in [0.717, 1.165) is 11.3 Å². The minimum atomic E-state index is -0.621. The topological polar surface area (TPSA) is 101 Å². The Balaban J connectivity index is 2.03. The Morgan fingerprint density at radius 2 is 2.14 bits per heavy atom. The van der Waals surface area contributed by atoms with Crippen molar-refractivity contribution in [3.63, 3.8) is 0 Å². The predicted molar refractivity (Wildman–Crippen MR) is 80.8 cm³/mol. The van der Waals surface area contributed by atoms with E-state index in [1.807, 2.05) is 24.3 Å². The van der Waals surface area contributed by atoms with Crippen molar-refractivity contribution in [2.75, 3.05) is 19.0 Å². The van der Waals surface area contributed by atoms with Crippen LogP contribution in [0.1, 0.15) is 11.3 Å². The summed E-state index contributed by atoms with van der Waals surface area (Å²) in [7, 11) is 1.61. The third-order valence-corrected chi connectivity index (χ3v) is 3.07. The highest BCUT2D eigenvalue weighted by atomic mass is 16.6. The summed E-state index contributed by atoms with van der Waals surface area (Å²) in [5, 5.41) is 22.7. The van der Waals surface area contributed by atoms with Crippen molar-refractivity contribution < 1.29 is 9.66 Å². The molecule has 2 aromatic rings. The van der Waals surface area contributed by atoms with Crippen molar-refractivity contribution in [2.24, 2.45) is 0 Å². The van der Waals surface area contributed by atoms with Gasteiger partial charge < -0.3 is 10.1 Å². The van der Waals surface area contributed by atoms with Crippen LogP contribution >= 0.6 is 0 Å². The largest absolute Gasteiger partial charge is 0.496 e. The lowest BCUT2D eigenvalue weighted by Gasteiger charge is -2.09. The van der Waals surface area contributed by atoms with Crippen molar-refractivity contribution in [3.8, 4) is 11.8 Å². The molecule has 0 amide bonds. The molecule has 1 aromatic carbocycles. The van der Waals surface area contributed by atoms with E-state index in [-0.39, 0.29) is 11.4 Å². The third-order valence-electron chi connectivity index (χ3n) is 3.07. The van der Waals surface area contributed by atoms with Gasteiger partial charge in [0.25, 0.3) is 0 Å². The first-order valence-corrected chi connectivity index (χ1v) is 6.57.